The first-order chi connectivity index (χ1) is 15.6. The van der Waals surface area contributed by atoms with Crippen molar-refractivity contribution in [1.29, 1.82) is 0 Å². The van der Waals surface area contributed by atoms with Crippen LogP contribution in [-0.2, 0) is 13.5 Å². The Hall–Kier alpha value is -3.54. The predicted octanol–water partition coefficient (Wildman–Crippen LogP) is 4.96. The minimum atomic E-state index is -0.0579. The lowest BCUT2D eigenvalue weighted by molar-refractivity contribution is 0.0513. The fourth-order valence-corrected chi connectivity index (χ4v) is 5.02. The van der Waals surface area contributed by atoms with Crippen LogP contribution in [0.25, 0.3) is 22.3 Å². The Morgan fingerprint density at radius 3 is 2.47 bits per heavy atom. The zero-order valence-corrected chi connectivity index (χ0v) is 18.7. The topological polar surface area (TPSA) is 63.9 Å². The number of benzene rings is 2. The van der Waals surface area contributed by atoms with E-state index in [1.54, 1.807) is 12.4 Å². The van der Waals surface area contributed by atoms with Crippen molar-refractivity contribution in [2.75, 3.05) is 0 Å². The molecule has 2 aromatic carbocycles. The Morgan fingerprint density at radius 2 is 1.75 bits per heavy atom. The van der Waals surface area contributed by atoms with E-state index < -0.39 is 0 Å². The number of hydrogen-bond acceptors (Lipinski definition) is 4. The highest BCUT2D eigenvalue weighted by Gasteiger charge is 2.40. The van der Waals surface area contributed by atoms with Gasteiger partial charge < -0.3 is 4.90 Å². The molecule has 1 amide bonds. The molecule has 4 aromatic rings. The lowest BCUT2D eigenvalue weighted by Gasteiger charge is -2.41. The van der Waals surface area contributed by atoms with Crippen LogP contribution in [0.1, 0.15) is 54.3 Å². The second-order valence-corrected chi connectivity index (χ2v) is 8.36. The third-order valence-electron chi connectivity index (χ3n) is 6.52. The third-order valence-corrected chi connectivity index (χ3v) is 6.52. The summed E-state index contributed by atoms with van der Waals surface area (Å²) in [5.41, 5.74) is 6.80. The summed E-state index contributed by atoms with van der Waals surface area (Å²) < 4.78 is 1.98. The molecule has 0 spiro atoms. The molecule has 2 atom stereocenters. The standard InChI is InChI=1S/C26H27N5O/c1-4-19-16-20-24(29-30(3)25(20)17-9-7-6-8-10-17)23(5-2)31(19)26(32)18-11-12-21-22(15-18)28-14-13-27-21/h6-15,19,23H,4-5,16H2,1-3H3. The first-order valence-corrected chi connectivity index (χ1v) is 11.3. The summed E-state index contributed by atoms with van der Waals surface area (Å²) in [7, 11) is 2.00. The van der Waals surface area contributed by atoms with Crippen LogP contribution in [0, 0.1) is 0 Å². The lowest BCUT2D eigenvalue weighted by Crippen LogP contribution is -2.47. The van der Waals surface area contributed by atoms with Gasteiger partial charge in [0.05, 0.1) is 28.5 Å². The molecular weight excluding hydrogens is 398 g/mol. The molecule has 1 aliphatic heterocycles. The van der Waals surface area contributed by atoms with Crippen LogP contribution in [0.3, 0.4) is 0 Å². The smallest absolute Gasteiger partial charge is 0.254 e. The van der Waals surface area contributed by atoms with E-state index in [1.807, 2.05) is 36.0 Å². The van der Waals surface area contributed by atoms with Crippen LogP contribution in [0.2, 0.25) is 0 Å². The molecule has 1 aliphatic rings. The Kier molecular flexibility index (Phi) is 5.21. The van der Waals surface area contributed by atoms with Gasteiger partial charge in [0.1, 0.15) is 0 Å². The molecular formula is C26H27N5O. The number of hydrogen-bond donors (Lipinski definition) is 0. The summed E-state index contributed by atoms with van der Waals surface area (Å²) in [6.45, 7) is 4.29. The molecule has 6 heteroatoms. The zero-order chi connectivity index (χ0) is 22.2. The minimum Gasteiger partial charge on any atom is -0.327 e. The second-order valence-electron chi connectivity index (χ2n) is 8.36. The summed E-state index contributed by atoms with van der Waals surface area (Å²) in [6.07, 6.45) is 5.83. The molecule has 3 heterocycles. The maximum atomic E-state index is 13.8. The maximum Gasteiger partial charge on any atom is 0.254 e. The van der Waals surface area contributed by atoms with Crippen molar-refractivity contribution < 1.29 is 4.79 Å². The summed E-state index contributed by atoms with van der Waals surface area (Å²) in [5.74, 6) is 0.0359. The molecule has 162 valence electrons. The molecule has 0 N–H and O–H groups in total. The number of nitrogens with zero attached hydrogens (tertiary/aromatic N) is 5. The molecule has 0 saturated carbocycles. The van der Waals surface area contributed by atoms with E-state index in [4.69, 9.17) is 5.10 Å². The fourth-order valence-electron chi connectivity index (χ4n) is 5.02. The van der Waals surface area contributed by atoms with Gasteiger partial charge in [-0.1, -0.05) is 44.2 Å². The Labute approximate surface area is 187 Å². The van der Waals surface area contributed by atoms with Crippen LogP contribution in [0.15, 0.2) is 60.9 Å². The van der Waals surface area contributed by atoms with Crippen molar-refractivity contribution in [3.63, 3.8) is 0 Å². The monoisotopic (exact) mass is 425 g/mol. The molecule has 6 nitrogen and oxygen atoms in total. The van der Waals surface area contributed by atoms with Crippen LogP contribution >= 0.6 is 0 Å². The number of aryl methyl sites for hydroxylation is 1. The SMILES string of the molecule is CCC1Cc2c(nn(C)c2-c2ccccc2)C(CC)N1C(=O)c1ccc2nccnc2c1. The zero-order valence-electron chi connectivity index (χ0n) is 18.7. The van der Waals surface area contributed by atoms with Crippen molar-refractivity contribution in [3.05, 3.63) is 77.7 Å². The normalized spacial score (nSPS) is 18.0. The third kappa shape index (κ3) is 3.27. The molecule has 2 unspecified atom stereocenters. The highest BCUT2D eigenvalue weighted by Crippen LogP contribution is 2.41. The van der Waals surface area contributed by atoms with Crippen molar-refractivity contribution in [2.45, 2.75) is 45.2 Å². The number of fused-ring (bicyclic) bond motifs is 2. The molecule has 0 aliphatic carbocycles. The van der Waals surface area contributed by atoms with Gasteiger partial charge in [0.15, 0.2) is 0 Å². The molecule has 2 aromatic heterocycles. The molecule has 0 saturated heterocycles. The number of rotatable bonds is 4. The summed E-state index contributed by atoms with van der Waals surface area (Å²) in [5, 5.41) is 4.93. The van der Waals surface area contributed by atoms with Gasteiger partial charge in [-0.25, -0.2) is 0 Å². The van der Waals surface area contributed by atoms with Crippen LogP contribution in [0.4, 0.5) is 0 Å². The van der Waals surface area contributed by atoms with Crippen LogP contribution < -0.4 is 0 Å². The van der Waals surface area contributed by atoms with E-state index in [0.29, 0.717) is 5.56 Å². The van der Waals surface area contributed by atoms with E-state index in [1.165, 1.54) is 11.1 Å². The van der Waals surface area contributed by atoms with Crippen LogP contribution in [0.5, 0.6) is 0 Å². The molecule has 0 radical (unpaired) electrons. The van der Waals surface area contributed by atoms with E-state index >= 15 is 0 Å². The summed E-state index contributed by atoms with van der Waals surface area (Å²) in [4.78, 5) is 24.6. The summed E-state index contributed by atoms with van der Waals surface area (Å²) in [6, 6.07) is 16.1. The van der Waals surface area contributed by atoms with Crippen molar-refractivity contribution in [2.24, 2.45) is 7.05 Å². The average Bonchev–Trinajstić information content (AvgIpc) is 3.17. The number of carbonyl (C=O) groups excluding carboxylic acids is 1. The number of amides is 1. The largest absolute Gasteiger partial charge is 0.327 e. The first-order valence-electron chi connectivity index (χ1n) is 11.3. The van der Waals surface area contributed by atoms with Crippen molar-refractivity contribution in [3.8, 4) is 11.3 Å². The van der Waals surface area contributed by atoms with Crippen molar-refractivity contribution >= 4 is 16.9 Å². The lowest BCUT2D eigenvalue weighted by atomic mass is 9.87. The maximum absolute atomic E-state index is 13.8. The molecule has 32 heavy (non-hydrogen) atoms. The van der Waals surface area contributed by atoms with Gasteiger partial charge in [-0.05, 0) is 37.5 Å². The van der Waals surface area contributed by atoms with Gasteiger partial charge in [-0.2, -0.15) is 5.10 Å². The Morgan fingerprint density at radius 1 is 1.00 bits per heavy atom. The van der Waals surface area contributed by atoms with E-state index in [2.05, 4.69) is 53.0 Å². The fraction of sp³-hybridized carbons (Fsp3) is 0.308. The second kappa shape index (κ2) is 8.19. The van der Waals surface area contributed by atoms with Gasteiger partial charge in [0.2, 0.25) is 0 Å². The Bertz CT molecular complexity index is 1280. The molecule has 0 fully saturated rings. The first kappa shape index (κ1) is 20.4. The highest BCUT2D eigenvalue weighted by molar-refractivity contribution is 5.98. The van der Waals surface area contributed by atoms with E-state index in [0.717, 1.165) is 41.7 Å². The number of carbonyl (C=O) groups is 1. The van der Waals surface area contributed by atoms with Gasteiger partial charge >= 0.3 is 0 Å². The average molecular weight is 426 g/mol. The van der Waals surface area contributed by atoms with Gasteiger partial charge in [-0.3, -0.25) is 19.4 Å². The quantitative estimate of drug-likeness (QED) is 0.464. The number of aromatic nitrogens is 4. The van der Waals surface area contributed by atoms with Gasteiger partial charge in [0, 0.05) is 42.2 Å². The van der Waals surface area contributed by atoms with Gasteiger partial charge in [0.25, 0.3) is 5.91 Å². The van der Waals surface area contributed by atoms with Crippen molar-refractivity contribution in [1.82, 2.24) is 24.6 Å². The summed E-state index contributed by atoms with van der Waals surface area (Å²) >= 11 is 0. The van der Waals surface area contributed by atoms with Crippen LogP contribution in [-0.4, -0.2) is 36.6 Å². The molecule has 5 rings (SSSR count). The molecule has 0 bridgehead atoms. The van der Waals surface area contributed by atoms with E-state index in [9.17, 15) is 4.79 Å². The van der Waals surface area contributed by atoms with E-state index in [-0.39, 0.29) is 18.0 Å². The highest BCUT2D eigenvalue weighted by atomic mass is 16.2. The Balaban J connectivity index is 1.59. The minimum absolute atomic E-state index is 0.0359. The predicted molar refractivity (Wildman–Crippen MR) is 125 cm³/mol. The van der Waals surface area contributed by atoms with Gasteiger partial charge in [-0.15, -0.1) is 0 Å².